The molecule has 19 heavy (non-hydrogen) atoms. The van der Waals surface area contributed by atoms with Gasteiger partial charge in [0.05, 0.1) is 11.8 Å². The predicted molar refractivity (Wildman–Crippen MR) is 76.6 cm³/mol. The van der Waals surface area contributed by atoms with Gasteiger partial charge in [0.25, 0.3) is 5.91 Å². The van der Waals surface area contributed by atoms with Crippen LogP contribution in [0.25, 0.3) is 0 Å². The molecular weight excluding hydrogens is 292 g/mol. The van der Waals surface area contributed by atoms with Gasteiger partial charge < -0.3 is 10.6 Å². The van der Waals surface area contributed by atoms with Gasteiger partial charge in [0.1, 0.15) is 0 Å². The van der Waals surface area contributed by atoms with Crippen molar-refractivity contribution in [1.29, 1.82) is 0 Å². The summed E-state index contributed by atoms with van der Waals surface area (Å²) in [6.07, 6.45) is 4.56. The largest absolute Gasteiger partial charge is 0.352 e. The number of halogens is 3. The van der Waals surface area contributed by atoms with E-state index in [9.17, 15) is 9.18 Å². The minimum atomic E-state index is -0.576. The summed E-state index contributed by atoms with van der Waals surface area (Å²) in [6.45, 7) is 2.66. The molecule has 4 nitrogen and oxygen atoms in total. The van der Waals surface area contributed by atoms with E-state index in [2.05, 4.69) is 15.6 Å². The maximum atomic E-state index is 13.2. The van der Waals surface area contributed by atoms with E-state index in [4.69, 9.17) is 0 Å². The monoisotopic (exact) mass is 309 g/mol. The van der Waals surface area contributed by atoms with E-state index < -0.39 is 5.82 Å². The van der Waals surface area contributed by atoms with Crippen LogP contribution < -0.4 is 10.6 Å². The standard InChI is InChI=1S/C12H16FN3O.2ClH/c13-11-8-15-5-3-10(11)12(17)16-6-2-9-1-4-14-7-9;;/h3,5,8-9,14H,1-2,4,6-7H2,(H,16,17);2*1H. The van der Waals surface area contributed by atoms with Crippen molar-refractivity contribution >= 4 is 30.7 Å². The van der Waals surface area contributed by atoms with Crippen LogP contribution in [-0.4, -0.2) is 30.5 Å². The lowest BCUT2D eigenvalue weighted by atomic mass is 10.1. The van der Waals surface area contributed by atoms with Crippen LogP contribution in [0.2, 0.25) is 0 Å². The summed E-state index contributed by atoms with van der Waals surface area (Å²) < 4.78 is 13.2. The molecule has 1 saturated heterocycles. The number of pyridine rings is 1. The molecular formula is C12H18Cl2FN3O. The van der Waals surface area contributed by atoms with Gasteiger partial charge in [-0.15, -0.1) is 24.8 Å². The Labute approximate surface area is 124 Å². The summed E-state index contributed by atoms with van der Waals surface area (Å²) in [4.78, 5) is 15.3. The van der Waals surface area contributed by atoms with Gasteiger partial charge in [0.2, 0.25) is 0 Å². The van der Waals surface area contributed by atoms with Crippen LogP contribution in [0.3, 0.4) is 0 Å². The van der Waals surface area contributed by atoms with Crippen LogP contribution in [-0.2, 0) is 0 Å². The zero-order valence-electron chi connectivity index (χ0n) is 10.4. The fourth-order valence-corrected chi connectivity index (χ4v) is 2.01. The number of nitrogens with one attached hydrogen (secondary N) is 2. The van der Waals surface area contributed by atoms with E-state index in [1.165, 1.54) is 12.3 Å². The SMILES string of the molecule is Cl.Cl.O=C(NCCC1CCNC1)c1ccncc1F. The fourth-order valence-electron chi connectivity index (χ4n) is 2.01. The molecule has 1 aliphatic rings. The van der Waals surface area contributed by atoms with Gasteiger partial charge in [-0.05, 0) is 37.9 Å². The Bertz CT molecular complexity index is 400. The van der Waals surface area contributed by atoms with Crippen molar-refractivity contribution in [3.8, 4) is 0 Å². The molecule has 1 amide bonds. The quantitative estimate of drug-likeness (QED) is 0.891. The molecule has 2 heterocycles. The summed E-state index contributed by atoms with van der Waals surface area (Å²) in [5, 5.41) is 6.00. The van der Waals surface area contributed by atoms with Crippen molar-refractivity contribution in [3.05, 3.63) is 29.8 Å². The van der Waals surface area contributed by atoms with Crippen molar-refractivity contribution in [3.63, 3.8) is 0 Å². The third-order valence-corrected chi connectivity index (χ3v) is 3.02. The molecule has 0 radical (unpaired) electrons. The summed E-state index contributed by atoms with van der Waals surface area (Å²) in [6, 6.07) is 1.39. The van der Waals surface area contributed by atoms with Crippen LogP contribution in [0.5, 0.6) is 0 Å². The van der Waals surface area contributed by atoms with Crippen molar-refractivity contribution in [2.75, 3.05) is 19.6 Å². The van der Waals surface area contributed by atoms with Crippen LogP contribution in [0.1, 0.15) is 23.2 Å². The lowest BCUT2D eigenvalue weighted by Crippen LogP contribution is -2.27. The van der Waals surface area contributed by atoms with E-state index in [1.54, 1.807) is 0 Å². The molecule has 0 aromatic carbocycles. The van der Waals surface area contributed by atoms with E-state index in [-0.39, 0.29) is 36.3 Å². The van der Waals surface area contributed by atoms with Crippen LogP contribution in [0, 0.1) is 11.7 Å². The van der Waals surface area contributed by atoms with Gasteiger partial charge in [0.15, 0.2) is 5.82 Å². The molecule has 0 saturated carbocycles. The lowest BCUT2D eigenvalue weighted by molar-refractivity contribution is 0.0947. The molecule has 1 aliphatic heterocycles. The first-order valence-electron chi connectivity index (χ1n) is 5.86. The first kappa shape index (κ1) is 18.1. The molecule has 1 aromatic rings. The second kappa shape index (κ2) is 9.07. The van der Waals surface area contributed by atoms with Crippen LogP contribution in [0.4, 0.5) is 4.39 Å². The number of hydrogen-bond acceptors (Lipinski definition) is 3. The number of carbonyl (C=O) groups excluding carboxylic acids is 1. The summed E-state index contributed by atoms with van der Waals surface area (Å²) in [5.41, 5.74) is 0.0598. The molecule has 2 N–H and O–H groups in total. The zero-order chi connectivity index (χ0) is 12.1. The molecule has 2 rings (SSSR count). The van der Waals surface area contributed by atoms with E-state index in [1.807, 2.05) is 0 Å². The van der Waals surface area contributed by atoms with Gasteiger partial charge >= 0.3 is 0 Å². The fraction of sp³-hybridized carbons (Fsp3) is 0.500. The smallest absolute Gasteiger partial charge is 0.254 e. The maximum Gasteiger partial charge on any atom is 0.254 e. The van der Waals surface area contributed by atoms with Crippen molar-refractivity contribution < 1.29 is 9.18 Å². The van der Waals surface area contributed by atoms with Crippen molar-refractivity contribution in [2.24, 2.45) is 5.92 Å². The van der Waals surface area contributed by atoms with Gasteiger partial charge in [-0.2, -0.15) is 0 Å². The summed E-state index contributed by atoms with van der Waals surface area (Å²) in [7, 11) is 0. The second-order valence-electron chi connectivity index (χ2n) is 4.26. The number of hydrogen-bond donors (Lipinski definition) is 2. The Morgan fingerprint density at radius 1 is 1.53 bits per heavy atom. The lowest BCUT2D eigenvalue weighted by Gasteiger charge is -2.09. The van der Waals surface area contributed by atoms with Gasteiger partial charge in [-0.3, -0.25) is 9.78 Å². The highest BCUT2D eigenvalue weighted by Gasteiger charge is 2.15. The van der Waals surface area contributed by atoms with Gasteiger partial charge in [-0.1, -0.05) is 0 Å². The number of rotatable bonds is 4. The Morgan fingerprint density at radius 3 is 2.95 bits per heavy atom. The predicted octanol–water partition coefficient (Wildman–Crippen LogP) is 1.79. The Hall–Kier alpha value is -0.910. The molecule has 1 aromatic heterocycles. The first-order valence-corrected chi connectivity index (χ1v) is 5.86. The number of carbonyl (C=O) groups is 1. The second-order valence-corrected chi connectivity index (χ2v) is 4.26. The third-order valence-electron chi connectivity index (χ3n) is 3.02. The van der Waals surface area contributed by atoms with Gasteiger partial charge in [-0.25, -0.2) is 4.39 Å². The highest BCUT2D eigenvalue weighted by molar-refractivity contribution is 5.94. The molecule has 1 atom stereocenters. The average Bonchev–Trinajstić information content (AvgIpc) is 2.82. The topological polar surface area (TPSA) is 54.0 Å². The normalized spacial score (nSPS) is 17.2. The van der Waals surface area contributed by atoms with Crippen LogP contribution >= 0.6 is 24.8 Å². The Kier molecular flexibility index (Phi) is 8.63. The van der Waals surface area contributed by atoms with Crippen LogP contribution in [0.15, 0.2) is 18.5 Å². The minimum Gasteiger partial charge on any atom is -0.352 e. The summed E-state index contributed by atoms with van der Waals surface area (Å²) >= 11 is 0. The number of aromatic nitrogens is 1. The number of nitrogens with zero attached hydrogens (tertiary/aromatic N) is 1. The van der Waals surface area contributed by atoms with Crippen molar-refractivity contribution in [2.45, 2.75) is 12.8 Å². The van der Waals surface area contributed by atoms with E-state index >= 15 is 0 Å². The maximum absolute atomic E-state index is 13.2. The number of amides is 1. The highest BCUT2D eigenvalue weighted by atomic mass is 35.5. The molecule has 1 unspecified atom stereocenters. The Morgan fingerprint density at radius 2 is 2.32 bits per heavy atom. The molecule has 0 aliphatic carbocycles. The van der Waals surface area contributed by atoms with E-state index in [0.717, 1.165) is 32.1 Å². The minimum absolute atomic E-state index is 0. The summed E-state index contributed by atoms with van der Waals surface area (Å²) in [5.74, 6) is -0.319. The molecule has 1 fully saturated rings. The zero-order valence-corrected chi connectivity index (χ0v) is 12.0. The average molecular weight is 310 g/mol. The van der Waals surface area contributed by atoms with Crippen molar-refractivity contribution in [1.82, 2.24) is 15.6 Å². The molecule has 0 spiro atoms. The molecule has 0 bridgehead atoms. The molecule has 108 valence electrons. The Balaban J connectivity index is 0.00000162. The highest BCUT2D eigenvalue weighted by Crippen LogP contribution is 2.11. The van der Waals surface area contributed by atoms with Gasteiger partial charge in [0, 0.05) is 12.7 Å². The molecule has 7 heteroatoms. The first-order chi connectivity index (χ1) is 8.27. The third kappa shape index (κ3) is 5.30. The van der Waals surface area contributed by atoms with E-state index in [0.29, 0.717) is 12.5 Å².